The first-order valence-electron chi connectivity index (χ1n) is 11.1. The molecule has 166 valence electrons. The Hall–Kier alpha value is -3.41. The molecule has 32 heavy (non-hydrogen) atoms. The zero-order valence-corrected chi connectivity index (χ0v) is 19.3. The fraction of sp³-hybridized carbons (Fsp3) is 0.346. The summed E-state index contributed by atoms with van der Waals surface area (Å²) in [5.41, 5.74) is 6.66. The van der Waals surface area contributed by atoms with Crippen molar-refractivity contribution in [2.45, 2.75) is 27.7 Å². The maximum atomic E-state index is 12.6. The van der Waals surface area contributed by atoms with Crippen molar-refractivity contribution in [1.82, 2.24) is 15.1 Å². The number of rotatable bonds is 5. The third-order valence-electron chi connectivity index (χ3n) is 6.17. The van der Waals surface area contributed by atoms with E-state index < -0.39 is 0 Å². The summed E-state index contributed by atoms with van der Waals surface area (Å²) in [6.07, 6.45) is 0. The molecule has 1 saturated heterocycles. The van der Waals surface area contributed by atoms with E-state index in [1.165, 1.54) is 11.1 Å². The predicted molar refractivity (Wildman–Crippen MR) is 127 cm³/mol. The lowest BCUT2D eigenvalue weighted by atomic mass is 10.0. The van der Waals surface area contributed by atoms with Gasteiger partial charge in [0, 0.05) is 31.7 Å². The number of aromatic nitrogens is 2. The van der Waals surface area contributed by atoms with Gasteiger partial charge in [0.2, 0.25) is 0 Å². The molecule has 2 heterocycles. The van der Waals surface area contributed by atoms with Gasteiger partial charge in [0.15, 0.2) is 12.4 Å². The van der Waals surface area contributed by atoms with Gasteiger partial charge in [-0.1, -0.05) is 35.9 Å². The summed E-state index contributed by atoms with van der Waals surface area (Å²) >= 11 is 0. The second-order valence-corrected chi connectivity index (χ2v) is 8.45. The molecule has 0 bridgehead atoms. The van der Waals surface area contributed by atoms with Crippen LogP contribution in [0.5, 0.6) is 5.75 Å². The molecule has 0 unspecified atom stereocenters. The zero-order chi connectivity index (χ0) is 22.7. The average Bonchev–Trinajstić information content (AvgIpc) is 2.80. The molecule has 3 aromatic rings. The summed E-state index contributed by atoms with van der Waals surface area (Å²) in [7, 11) is 0. The van der Waals surface area contributed by atoms with Crippen molar-refractivity contribution < 1.29 is 9.53 Å². The normalized spacial score (nSPS) is 13.9. The highest BCUT2D eigenvalue weighted by Crippen LogP contribution is 2.24. The summed E-state index contributed by atoms with van der Waals surface area (Å²) in [6, 6.07) is 16.3. The van der Waals surface area contributed by atoms with Crippen LogP contribution in [0, 0.1) is 27.7 Å². The Balaban J connectivity index is 1.32. The lowest BCUT2D eigenvalue weighted by molar-refractivity contribution is -0.133. The number of carbonyl (C=O) groups excluding carboxylic acids is 1. The van der Waals surface area contributed by atoms with Crippen molar-refractivity contribution in [2.24, 2.45) is 0 Å². The second-order valence-electron chi connectivity index (χ2n) is 8.45. The summed E-state index contributed by atoms with van der Waals surface area (Å²) in [6.45, 7) is 11.1. The Bertz CT molecular complexity index is 1100. The van der Waals surface area contributed by atoms with E-state index in [-0.39, 0.29) is 12.5 Å². The van der Waals surface area contributed by atoms with Crippen molar-refractivity contribution >= 4 is 11.7 Å². The van der Waals surface area contributed by atoms with Crippen molar-refractivity contribution in [3.05, 3.63) is 70.8 Å². The third-order valence-corrected chi connectivity index (χ3v) is 6.17. The first-order valence-corrected chi connectivity index (χ1v) is 11.1. The molecule has 1 aliphatic heterocycles. The molecule has 2 aromatic carbocycles. The van der Waals surface area contributed by atoms with Crippen LogP contribution >= 0.6 is 0 Å². The van der Waals surface area contributed by atoms with Gasteiger partial charge in [-0.3, -0.25) is 4.79 Å². The standard InChI is InChI=1S/C26H30N4O2/c1-18-8-9-22(20(3)16-18)23-10-11-25(28-27-23)29-12-14-30(15-13-29)26(31)17-32-24-7-5-6-19(2)21(24)4/h5-11,16H,12-15,17H2,1-4H3. The Morgan fingerprint density at radius 2 is 1.69 bits per heavy atom. The van der Waals surface area contributed by atoms with Gasteiger partial charge >= 0.3 is 0 Å². The number of benzene rings is 2. The first kappa shape index (κ1) is 21.8. The zero-order valence-electron chi connectivity index (χ0n) is 19.3. The van der Waals surface area contributed by atoms with Crippen molar-refractivity contribution in [1.29, 1.82) is 0 Å². The van der Waals surface area contributed by atoms with E-state index >= 15 is 0 Å². The van der Waals surface area contributed by atoms with Crippen LogP contribution < -0.4 is 9.64 Å². The van der Waals surface area contributed by atoms with Crippen LogP contribution in [0.1, 0.15) is 22.3 Å². The maximum absolute atomic E-state index is 12.6. The van der Waals surface area contributed by atoms with E-state index in [2.05, 4.69) is 47.1 Å². The largest absolute Gasteiger partial charge is 0.483 e. The summed E-state index contributed by atoms with van der Waals surface area (Å²) < 4.78 is 5.79. The number of carbonyl (C=O) groups is 1. The van der Waals surface area contributed by atoms with E-state index in [0.717, 1.165) is 47.0 Å². The average molecular weight is 431 g/mol. The minimum atomic E-state index is 0.0156. The number of hydrogen-bond acceptors (Lipinski definition) is 5. The summed E-state index contributed by atoms with van der Waals surface area (Å²) in [5.74, 6) is 1.63. The molecule has 0 saturated carbocycles. The van der Waals surface area contributed by atoms with Crippen molar-refractivity contribution in [2.75, 3.05) is 37.7 Å². The topological polar surface area (TPSA) is 58.6 Å². The van der Waals surface area contributed by atoms with Crippen LogP contribution in [0.25, 0.3) is 11.3 Å². The molecule has 0 N–H and O–H groups in total. The number of nitrogens with zero attached hydrogens (tertiary/aromatic N) is 4. The fourth-order valence-electron chi connectivity index (χ4n) is 4.03. The number of amides is 1. The molecule has 6 nitrogen and oxygen atoms in total. The molecule has 1 aliphatic rings. The molecule has 0 atom stereocenters. The molecule has 0 aliphatic carbocycles. The molecule has 6 heteroatoms. The number of anilines is 1. The highest BCUT2D eigenvalue weighted by Gasteiger charge is 2.22. The smallest absolute Gasteiger partial charge is 0.260 e. The number of hydrogen-bond donors (Lipinski definition) is 0. The summed E-state index contributed by atoms with van der Waals surface area (Å²) in [4.78, 5) is 16.7. The lowest BCUT2D eigenvalue weighted by Crippen LogP contribution is -2.50. The molecular formula is C26H30N4O2. The van der Waals surface area contributed by atoms with Crippen LogP contribution in [0.3, 0.4) is 0 Å². The van der Waals surface area contributed by atoms with Gasteiger partial charge in [0.05, 0.1) is 5.69 Å². The van der Waals surface area contributed by atoms with Gasteiger partial charge in [0.1, 0.15) is 5.75 Å². The maximum Gasteiger partial charge on any atom is 0.260 e. The van der Waals surface area contributed by atoms with E-state index in [1.54, 1.807) is 0 Å². The molecule has 1 fully saturated rings. The second kappa shape index (κ2) is 9.39. The molecule has 4 rings (SSSR count). The molecular weight excluding hydrogens is 400 g/mol. The quantitative estimate of drug-likeness (QED) is 0.610. The molecule has 0 spiro atoms. The summed E-state index contributed by atoms with van der Waals surface area (Å²) in [5, 5.41) is 8.91. The van der Waals surface area contributed by atoms with Crippen LogP contribution in [-0.4, -0.2) is 53.8 Å². The lowest BCUT2D eigenvalue weighted by Gasteiger charge is -2.35. The molecule has 1 amide bonds. The minimum Gasteiger partial charge on any atom is -0.483 e. The van der Waals surface area contributed by atoms with E-state index in [1.807, 2.05) is 49.1 Å². The van der Waals surface area contributed by atoms with Crippen molar-refractivity contribution in [3.8, 4) is 17.0 Å². The van der Waals surface area contributed by atoms with Crippen LogP contribution in [-0.2, 0) is 4.79 Å². The monoisotopic (exact) mass is 430 g/mol. The SMILES string of the molecule is Cc1ccc(-c2ccc(N3CCN(C(=O)COc4cccc(C)c4C)CC3)nn2)c(C)c1. The van der Waals surface area contributed by atoms with Gasteiger partial charge in [-0.25, -0.2) is 0 Å². The van der Waals surface area contributed by atoms with Gasteiger partial charge < -0.3 is 14.5 Å². The van der Waals surface area contributed by atoms with Crippen molar-refractivity contribution in [3.63, 3.8) is 0 Å². The first-order chi connectivity index (χ1) is 15.4. The van der Waals surface area contributed by atoms with Gasteiger partial charge in [-0.2, -0.15) is 0 Å². The highest BCUT2D eigenvalue weighted by atomic mass is 16.5. The van der Waals surface area contributed by atoms with Gasteiger partial charge in [-0.05, 0) is 62.6 Å². The van der Waals surface area contributed by atoms with Gasteiger partial charge in [0.25, 0.3) is 5.91 Å². The number of aryl methyl sites for hydroxylation is 3. The predicted octanol–water partition coefficient (Wildman–Crippen LogP) is 4.10. The van der Waals surface area contributed by atoms with E-state index in [9.17, 15) is 4.79 Å². The fourth-order valence-corrected chi connectivity index (χ4v) is 4.03. The number of piperazine rings is 1. The van der Waals surface area contributed by atoms with Crippen LogP contribution in [0.4, 0.5) is 5.82 Å². The minimum absolute atomic E-state index is 0.0156. The van der Waals surface area contributed by atoms with E-state index in [0.29, 0.717) is 13.1 Å². The Labute approximate surface area is 189 Å². The van der Waals surface area contributed by atoms with Crippen LogP contribution in [0.15, 0.2) is 48.5 Å². The van der Waals surface area contributed by atoms with Crippen LogP contribution in [0.2, 0.25) is 0 Å². The molecule has 0 radical (unpaired) electrons. The van der Waals surface area contributed by atoms with E-state index in [4.69, 9.17) is 4.74 Å². The third kappa shape index (κ3) is 4.74. The Morgan fingerprint density at radius 3 is 2.38 bits per heavy atom. The van der Waals surface area contributed by atoms with Gasteiger partial charge in [-0.15, -0.1) is 10.2 Å². The Kier molecular flexibility index (Phi) is 6.40. The molecule has 1 aromatic heterocycles. The highest BCUT2D eigenvalue weighted by molar-refractivity contribution is 5.78. The number of ether oxygens (including phenoxy) is 1. The Morgan fingerprint density at radius 1 is 0.906 bits per heavy atom.